The Hall–Kier alpha value is -0.980. The van der Waals surface area contributed by atoms with Crippen LogP contribution in [0, 0.1) is 24.7 Å². The minimum absolute atomic E-state index is 0.0219. The highest BCUT2D eigenvalue weighted by Gasteiger charge is 2.22. The Bertz CT molecular complexity index is 500. The van der Waals surface area contributed by atoms with Gasteiger partial charge in [-0.1, -0.05) is 11.8 Å². The molecule has 1 atom stereocenters. The molecule has 0 heterocycles. The highest BCUT2D eigenvalue weighted by molar-refractivity contribution is 7.92. The van der Waals surface area contributed by atoms with Crippen LogP contribution in [0.3, 0.4) is 0 Å². The fourth-order valence-corrected chi connectivity index (χ4v) is 3.24. The third-order valence-corrected chi connectivity index (χ3v) is 5.53. The predicted molar refractivity (Wildman–Crippen MR) is 64.2 cm³/mol. The summed E-state index contributed by atoms with van der Waals surface area (Å²) in [6.07, 6.45) is 9.81. The van der Waals surface area contributed by atoms with Crippen LogP contribution in [0.1, 0.15) is 13.3 Å². The lowest BCUT2D eigenvalue weighted by Crippen LogP contribution is -2.24. The summed E-state index contributed by atoms with van der Waals surface area (Å²) in [7, 11) is -6.75. The second-order valence-corrected chi connectivity index (χ2v) is 8.01. The van der Waals surface area contributed by atoms with Crippen LogP contribution in [0.25, 0.3) is 0 Å². The van der Waals surface area contributed by atoms with Crippen LogP contribution in [0.4, 0.5) is 0 Å². The van der Waals surface area contributed by atoms with Crippen LogP contribution in [0.2, 0.25) is 0 Å². The number of rotatable bonds is 6. The van der Waals surface area contributed by atoms with Crippen LogP contribution >= 0.6 is 0 Å². The van der Waals surface area contributed by atoms with Crippen molar-refractivity contribution in [3.8, 4) is 24.7 Å². The van der Waals surface area contributed by atoms with Gasteiger partial charge in [0.1, 0.15) is 11.5 Å². The first kappa shape index (κ1) is 15.0. The second-order valence-electron chi connectivity index (χ2n) is 3.41. The number of terminal acetylenes is 2. The maximum absolute atomic E-state index is 11.4. The quantitative estimate of drug-likeness (QED) is 0.625. The van der Waals surface area contributed by atoms with Crippen molar-refractivity contribution in [1.82, 2.24) is 0 Å². The van der Waals surface area contributed by atoms with Crippen molar-refractivity contribution in [1.29, 1.82) is 0 Å². The fourth-order valence-electron chi connectivity index (χ4n) is 0.983. The van der Waals surface area contributed by atoms with E-state index in [9.17, 15) is 16.8 Å². The molecule has 0 saturated carbocycles. The number of hydrogen-bond acceptors (Lipinski definition) is 4. The molecular weight excluding hydrogens is 248 g/mol. The molecule has 0 radical (unpaired) electrons. The van der Waals surface area contributed by atoms with Crippen molar-refractivity contribution in [2.75, 3.05) is 17.3 Å². The van der Waals surface area contributed by atoms with Gasteiger partial charge in [0, 0.05) is 0 Å². The summed E-state index contributed by atoms with van der Waals surface area (Å²) in [6, 6.07) is 0. The maximum atomic E-state index is 11.4. The van der Waals surface area contributed by atoms with E-state index in [1.165, 1.54) is 6.92 Å². The smallest absolute Gasteiger partial charge is 0.164 e. The van der Waals surface area contributed by atoms with E-state index in [2.05, 4.69) is 0 Å². The zero-order valence-electron chi connectivity index (χ0n) is 9.01. The molecule has 0 aliphatic rings. The third-order valence-electron chi connectivity index (χ3n) is 2.04. The first-order chi connectivity index (χ1) is 7.25. The molecule has 0 amide bonds. The molecular formula is C10H14O4S2. The Balaban J connectivity index is 4.47. The average Bonchev–Trinajstić information content (AvgIpc) is 2.14. The van der Waals surface area contributed by atoms with E-state index in [0.29, 0.717) is 0 Å². The molecule has 1 unspecified atom stereocenters. The van der Waals surface area contributed by atoms with Crippen molar-refractivity contribution in [2.45, 2.75) is 18.6 Å². The zero-order chi connectivity index (χ0) is 12.8. The molecule has 0 rings (SSSR count). The van der Waals surface area contributed by atoms with Crippen LogP contribution in [-0.2, 0) is 19.7 Å². The third kappa shape index (κ3) is 5.20. The van der Waals surface area contributed by atoms with Gasteiger partial charge in [0.15, 0.2) is 19.7 Å². The monoisotopic (exact) mass is 262 g/mol. The van der Waals surface area contributed by atoms with Crippen LogP contribution in [0.5, 0.6) is 0 Å². The van der Waals surface area contributed by atoms with Crippen molar-refractivity contribution in [2.24, 2.45) is 0 Å². The topological polar surface area (TPSA) is 68.3 Å². The summed E-state index contributed by atoms with van der Waals surface area (Å²) < 4.78 is 45.3. The fraction of sp³-hybridized carbons (Fsp3) is 0.600. The Labute approximate surface area is 97.3 Å². The summed E-state index contributed by atoms with van der Waals surface area (Å²) in [4.78, 5) is 0. The van der Waals surface area contributed by atoms with Gasteiger partial charge in [-0.2, -0.15) is 0 Å². The zero-order valence-corrected chi connectivity index (χ0v) is 10.6. The molecule has 0 aliphatic carbocycles. The molecule has 0 aromatic carbocycles. The minimum atomic E-state index is -3.40. The van der Waals surface area contributed by atoms with Crippen molar-refractivity contribution in [3.63, 3.8) is 0 Å². The van der Waals surface area contributed by atoms with E-state index in [-0.39, 0.29) is 23.7 Å². The summed E-state index contributed by atoms with van der Waals surface area (Å²) in [5.74, 6) is 3.10. The molecule has 0 saturated heterocycles. The minimum Gasteiger partial charge on any atom is -0.228 e. The SMILES string of the molecule is C#CCS(=O)(=O)CCC(C)S(=O)(=O)CC#C. The normalized spacial score (nSPS) is 13.7. The molecule has 0 spiro atoms. The lowest BCUT2D eigenvalue weighted by Gasteiger charge is -2.10. The summed E-state index contributed by atoms with van der Waals surface area (Å²) >= 11 is 0. The Morgan fingerprint density at radius 1 is 1.06 bits per heavy atom. The van der Waals surface area contributed by atoms with Crippen LogP contribution < -0.4 is 0 Å². The molecule has 16 heavy (non-hydrogen) atoms. The van der Waals surface area contributed by atoms with E-state index >= 15 is 0 Å². The van der Waals surface area contributed by atoms with E-state index in [1.54, 1.807) is 0 Å². The molecule has 0 N–H and O–H groups in total. The lowest BCUT2D eigenvalue weighted by molar-refractivity contribution is 0.580. The van der Waals surface area contributed by atoms with Gasteiger partial charge < -0.3 is 0 Å². The first-order valence-electron chi connectivity index (χ1n) is 4.54. The molecule has 6 heteroatoms. The average molecular weight is 262 g/mol. The molecule has 90 valence electrons. The molecule has 0 bridgehead atoms. The van der Waals surface area contributed by atoms with E-state index in [1.807, 2.05) is 11.8 Å². The summed E-state index contributed by atoms with van der Waals surface area (Å²) in [5.41, 5.74) is 0. The van der Waals surface area contributed by atoms with Gasteiger partial charge in [-0.05, 0) is 13.3 Å². The van der Waals surface area contributed by atoms with Gasteiger partial charge in [0.25, 0.3) is 0 Å². The van der Waals surface area contributed by atoms with Crippen molar-refractivity contribution >= 4 is 19.7 Å². The van der Waals surface area contributed by atoms with Crippen molar-refractivity contribution < 1.29 is 16.8 Å². The van der Waals surface area contributed by atoms with Crippen molar-refractivity contribution in [3.05, 3.63) is 0 Å². The summed E-state index contributed by atoms with van der Waals surface area (Å²) in [5, 5.41) is -0.768. The highest BCUT2D eigenvalue weighted by atomic mass is 32.2. The standard InChI is InChI=1S/C10H14O4S2/c1-4-7-15(11,12)9-6-10(3)16(13,14)8-5-2/h1-2,10H,6-9H2,3H3. The number of hydrogen-bond donors (Lipinski definition) is 0. The van der Waals surface area contributed by atoms with Gasteiger partial charge in [0.2, 0.25) is 0 Å². The van der Waals surface area contributed by atoms with Gasteiger partial charge in [-0.15, -0.1) is 12.8 Å². The van der Waals surface area contributed by atoms with E-state index in [4.69, 9.17) is 12.8 Å². The van der Waals surface area contributed by atoms with E-state index in [0.717, 1.165) is 0 Å². The first-order valence-corrected chi connectivity index (χ1v) is 8.08. The Morgan fingerprint density at radius 2 is 1.56 bits per heavy atom. The molecule has 0 aromatic heterocycles. The van der Waals surface area contributed by atoms with Gasteiger partial charge in [-0.3, -0.25) is 0 Å². The Morgan fingerprint density at radius 3 is 2.00 bits per heavy atom. The second kappa shape index (κ2) is 5.93. The largest absolute Gasteiger partial charge is 0.228 e. The van der Waals surface area contributed by atoms with Gasteiger partial charge >= 0.3 is 0 Å². The lowest BCUT2D eigenvalue weighted by atomic mass is 10.4. The molecule has 0 aromatic rings. The molecule has 4 nitrogen and oxygen atoms in total. The Kier molecular flexibility index (Phi) is 5.57. The molecule has 0 fully saturated rings. The van der Waals surface area contributed by atoms with Crippen LogP contribution in [-0.4, -0.2) is 39.3 Å². The van der Waals surface area contributed by atoms with Crippen LogP contribution in [0.15, 0.2) is 0 Å². The summed E-state index contributed by atoms with van der Waals surface area (Å²) in [6.45, 7) is 1.44. The maximum Gasteiger partial charge on any atom is 0.164 e. The molecule has 0 aliphatic heterocycles. The van der Waals surface area contributed by atoms with E-state index < -0.39 is 24.9 Å². The van der Waals surface area contributed by atoms with Gasteiger partial charge in [-0.25, -0.2) is 16.8 Å². The predicted octanol–water partition coefficient (Wildman–Crippen LogP) is -0.139. The highest BCUT2D eigenvalue weighted by Crippen LogP contribution is 2.08. The number of sulfone groups is 2. The van der Waals surface area contributed by atoms with Gasteiger partial charge in [0.05, 0.1) is 11.0 Å².